The Labute approximate surface area is 127 Å². The molecule has 0 radical (unpaired) electrons. The molecule has 0 bridgehead atoms. The third-order valence-corrected chi connectivity index (χ3v) is 3.43. The predicted molar refractivity (Wildman–Crippen MR) is 78.0 cm³/mol. The number of carbonyl (C=O) groups excluding carboxylic acids is 1. The SMILES string of the molecule is Nc1cc(Br)ccc1C(=O)Cc1cccc(C(F)(F)F)c1. The van der Waals surface area contributed by atoms with Crippen LogP contribution in [-0.4, -0.2) is 5.78 Å². The lowest BCUT2D eigenvalue weighted by Crippen LogP contribution is -2.09. The number of alkyl halides is 3. The van der Waals surface area contributed by atoms with Crippen LogP contribution in [0, 0.1) is 0 Å². The second-order valence-electron chi connectivity index (χ2n) is 4.53. The van der Waals surface area contributed by atoms with E-state index < -0.39 is 11.7 Å². The van der Waals surface area contributed by atoms with Crippen LogP contribution in [0.4, 0.5) is 18.9 Å². The van der Waals surface area contributed by atoms with Crippen molar-refractivity contribution >= 4 is 27.4 Å². The topological polar surface area (TPSA) is 43.1 Å². The van der Waals surface area contributed by atoms with Gasteiger partial charge in [0.05, 0.1) is 5.56 Å². The first-order valence-electron chi connectivity index (χ1n) is 6.02. The molecule has 0 heterocycles. The van der Waals surface area contributed by atoms with Crippen LogP contribution in [0.3, 0.4) is 0 Å². The highest BCUT2D eigenvalue weighted by Gasteiger charge is 2.30. The number of carbonyl (C=O) groups is 1. The van der Waals surface area contributed by atoms with Gasteiger partial charge < -0.3 is 5.73 Å². The van der Waals surface area contributed by atoms with Crippen LogP contribution >= 0.6 is 15.9 Å². The lowest BCUT2D eigenvalue weighted by Gasteiger charge is -2.09. The Morgan fingerprint density at radius 2 is 1.86 bits per heavy atom. The van der Waals surface area contributed by atoms with E-state index in [1.165, 1.54) is 12.1 Å². The van der Waals surface area contributed by atoms with Crippen molar-refractivity contribution < 1.29 is 18.0 Å². The molecular formula is C15H11BrF3NO. The largest absolute Gasteiger partial charge is 0.416 e. The molecule has 2 aromatic carbocycles. The second kappa shape index (κ2) is 5.89. The summed E-state index contributed by atoms with van der Waals surface area (Å²) in [6, 6.07) is 9.53. The summed E-state index contributed by atoms with van der Waals surface area (Å²) >= 11 is 3.23. The van der Waals surface area contributed by atoms with Crippen LogP contribution in [0.15, 0.2) is 46.9 Å². The van der Waals surface area contributed by atoms with Crippen LogP contribution < -0.4 is 5.73 Å². The lowest BCUT2D eigenvalue weighted by molar-refractivity contribution is -0.137. The molecule has 2 rings (SSSR count). The number of hydrogen-bond donors (Lipinski definition) is 1. The van der Waals surface area contributed by atoms with Crippen molar-refractivity contribution in [3.63, 3.8) is 0 Å². The van der Waals surface area contributed by atoms with E-state index in [0.29, 0.717) is 16.8 Å². The minimum Gasteiger partial charge on any atom is -0.398 e. The number of rotatable bonds is 3. The molecule has 0 aromatic heterocycles. The maximum Gasteiger partial charge on any atom is 0.416 e. The first-order valence-corrected chi connectivity index (χ1v) is 6.81. The third kappa shape index (κ3) is 3.85. The smallest absolute Gasteiger partial charge is 0.398 e. The third-order valence-electron chi connectivity index (χ3n) is 2.93. The lowest BCUT2D eigenvalue weighted by atomic mass is 10.0. The number of nitrogen functional groups attached to an aromatic ring is 1. The van der Waals surface area contributed by atoms with E-state index in [4.69, 9.17) is 5.73 Å². The molecule has 0 amide bonds. The number of nitrogens with two attached hydrogens (primary N) is 1. The van der Waals surface area contributed by atoms with Crippen molar-refractivity contribution in [1.82, 2.24) is 0 Å². The minimum absolute atomic E-state index is 0.129. The highest BCUT2D eigenvalue weighted by Crippen LogP contribution is 2.30. The number of hydrogen-bond acceptors (Lipinski definition) is 2. The summed E-state index contributed by atoms with van der Waals surface area (Å²) in [4.78, 5) is 12.1. The summed E-state index contributed by atoms with van der Waals surface area (Å²) in [6.07, 6.45) is -4.55. The van der Waals surface area contributed by atoms with E-state index in [-0.39, 0.29) is 12.2 Å². The van der Waals surface area contributed by atoms with Crippen molar-refractivity contribution in [2.24, 2.45) is 0 Å². The van der Waals surface area contributed by atoms with E-state index in [1.54, 1.807) is 18.2 Å². The van der Waals surface area contributed by atoms with Crippen molar-refractivity contribution in [3.8, 4) is 0 Å². The van der Waals surface area contributed by atoms with Gasteiger partial charge in [-0.15, -0.1) is 0 Å². The molecule has 2 N–H and O–H groups in total. The molecule has 110 valence electrons. The van der Waals surface area contributed by atoms with Gasteiger partial charge in [0, 0.05) is 22.1 Å². The van der Waals surface area contributed by atoms with E-state index in [0.717, 1.165) is 16.6 Å². The van der Waals surface area contributed by atoms with Gasteiger partial charge in [-0.25, -0.2) is 0 Å². The van der Waals surface area contributed by atoms with Crippen molar-refractivity contribution in [1.29, 1.82) is 0 Å². The zero-order valence-corrected chi connectivity index (χ0v) is 12.3. The monoisotopic (exact) mass is 357 g/mol. The van der Waals surface area contributed by atoms with Crippen LogP contribution in [0.5, 0.6) is 0 Å². The Hall–Kier alpha value is -1.82. The molecule has 0 fully saturated rings. The summed E-state index contributed by atoms with van der Waals surface area (Å²) in [5.41, 5.74) is 5.87. The molecule has 0 saturated heterocycles. The van der Waals surface area contributed by atoms with Gasteiger partial charge >= 0.3 is 6.18 Å². The van der Waals surface area contributed by atoms with E-state index >= 15 is 0 Å². The van der Waals surface area contributed by atoms with Gasteiger partial charge in [0.1, 0.15) is 0 Å². The number of halogens is 4. The molecule has 21 heavy (non-hydrogen) atoms. The van der Waals surface area contributed by atoms with E-state index in [2.05, 4.69) is 15.9 Å². The molecule has 0 aliphatic carbocycles. The van der Waals surface area contributed by atoms with Gasteiger partial charge in [0.25, 0.3) is 0 Å². The van der Waals surface area contributed by atoms with E-state index in [9.17, 15) is 18.0 Å². The van der Waals surface area contributed by atoms with Crippen molar-refractivity contribution in [3.05, 3.63) is 63.6 Å². The molecule has 6 heteroatoms. The van der Waals surface area contributed by atoms with Gasteiger partial charge in [0.2, 0.25) is 0 Å². The first kappa shape index (κ1) is 15.6. The number of anilines is 1. The fourth-order valence-corrected chi connectivity index (χ4v) is 2.30. The summed E-state index contributed by atoms with van der Waals surface area (Å²) < 4.78 is 38.6. The zero-order valence-electron chi connectivity index (χ0n) is 10.7. The molecule has 0 saturated carbocycles. The van der Waals surface area contributed by atoms with Crippen LogP contribution in [0.1, 0.15) is 21.5 Å². The maximum atomic E-state index is 12.6. The first-order chi connectivity index (χ1) is 9.77. The standard InChI is InChI=1S/C15H11BrF3NO/c16-11-4-5-12(13(20)8-11)14(21)7-9-2-1-3-10(6-9)15(17,18)19/h1-6,8H,7,20H2. The summed E-state index contributed by atoms with van der Waals surface area (Å²) in [5, 5.41) is 0. The normalized spacial score (nSPS) is 11.4. The molecule has 2 aromatic rings. The maximum absolute atomic E-state index is 12.6. The number of benzene rings is 2. The Balaban J connectivity index is 2.24. The summed E-state index contributed by atoms with van der Waals surface area (Å²) in [6.45, 7) is 0. The minimum atomic E-state index is -4.42. The van der Waals surface area contributed by atoms with Gasteiger partial charge in [-0.1, -0.05) is 34.1 Å². The average Bonchev–Trinajstić information content (AvgIpc) is 2.37. The molecule has 0 atom stereocenters. The average molecular weight is 358 g/mol. The summed E-state index contributed by atoms with van der Waals surface area (Å²) in [5.74, 6) is -0.320. The molecular weight excluding hydrogens is 347 g/mol. The van der Waals surface area contributed by atoms with Gasteiger partial charge in [-0.3, -0.25) is 4.79 Å². The number of Topliss-reactive ketones (excluding diaryl/α,β-unsaturated/α-hetero) is 1. The molecule has 2 nitrogen and oxygen atoms in total. The number of ketones is 1. The van der Waals surface area contributed by atoms with Crippen LogP contribution in [-0.2, 0) is 12.6 Å². The van der Waals surface area contributed by atoms with Crippen molar-refractivity contribution in [2.75, 3.05) is 5.73 Å². The Morgan fingerprint density at radius 3 is 2.48 bits per heavy atom. The molecule has 0 aliphatic heterocycles. The fourth-order valence-electron chi connectivity index (χ4n) is 1.93. The second-order valence-corrected chi connectivity index (χ2v) is 5.45. The molecule has 0 aliphatic rings. The molecule has 0 spiro atoms. The van der Waals surface area contributed by atoms with Crippen molar-refractivity contribution in [2.45, 2.75) is 12.6 Å². The van der Waals surface area contributed by atoms with Gasteiger partial charge in [0.15, 0.2) is 5.78 Å². The fraction of sp³-hybridized carbons (Fsp3) is 0.133. The Bertz CT molecular complexity index is 683. The highest BCUT2D eigenvalue weighted by molar-refractivity contribution is 9.10. The molecule has 0 unspecified atom stereocenters. The quantitative estimate of drug-likeness (QED) is 0.650. The van der Waals surface area contributed by atoms with Gasteiger partial charge in [-0.2, -0.15) is 13.2 Å². The van der Waals surface area contributed by atoms with Crippen LogP contribution in [0.25, 0.3) is 0 Å². The van der Waals surface area contributed by atoms with E-state index in [1.807, 2.05) is 0 Å². The zero-order chi connectivity index (χ0) is 15.6. The Morgan fingerprint density at radius 1 is 1.14 bits per heavy atom. The summed E-state index contributed by atoms with van der Waals surface area (Å²) in [7, 11) is 0. The highest BCUT2D eigenvalue weighted by atomic mass is 79.9. The predicted octanol–water partition coefficient (Wildman–Crippen LogP) is 4.48. The van der Waals surface area contributed by atoms with Gasteiger partial charge in [-0.05, 0) is 29.8 Å². The van der Waals surface area contributed by atoms with Crippen LogP contribution in [0.2, 0.25) is 0 Å². The Kier molecular flexibility index (Phi) is 4.37.